The van der Waals surface area contributed by atoms with E-state index < -0.39 is 0 Å². The number of nitrogens with zero attached hydrogens (tertiary/aromatic N) is 2. The molecule has 28 heavy (non-hydrogen) atoms. The monoisotopic (exact) mass is 377 g/mol. The van der Waals surface area contributed by atoms with Crippen LogP contribution in [-0.2, 0) is 4.74 Å². The van der Waals surface area contributed by atoms with Crippen LogP contribution in [0.4, 0.5) is 16.3 Å². The molecule has 0 aliphatic carbocycles. The van der Waals surface area contributed by atoms with Gasteiger partial charge in [-0.15, -0.1) is 0 Å². The lowest BCUT2D eigenvalue weighted by molar-refractivity contribution is 0.112. The molecular weight excluding hydrogens is 354 g/mol. The van der Waals surface area contributed by atoms with E-state index in [0.717, 1.165) is 30.7 Å². The van der Waals surface area contributed by atoms with Gasteiger partial charge in [0.05, 0.1) is 11.8 Å². The average molecular weight is 377 g/mol. The number of aromatic nitrogens is 2. The fourth-order valence-corrected chi connectivity index (χ4v) is 3.29. The highest BCUT2D eigenvalue weighted by atomic mass is 16.5. The summed E-state index contributed by atoms with van der Waals surface area (Å²) < 4.78 is 7.19. The van der Waals surface area contributed by atoms with Crippen molar-refractivity contribution in [1.29, 1.82) is 0 Å². The Balaban J connectivity index is 1.62. The van der Waals surface area contributed by atoms with Gasteiger partial charge in [-0.3, -0.25) is 0 Å². The number of hydrogen-bond donors (Lipinski definition) is 3. The van der Waals surface area contributed by atoms with Gasteiger partial charge in [-0.1, -0.05) is 48.5 Å². The fraction of sp³-hybridized carbons (Fsp3) is 0.238. The first-order chi connectivity index (χ1) is 13.7. The molecule has 2 aromatic carbocycles. The van der Waals surface area contributed by atoms with Gasteiger partial charge in [-0.25, -0.2) is 9.48 Å². The van der Waals surface area contributed by atoms with Crippen molar-refractivity contribution in [2.75, 3.05) is 24.2 Å². The Morgan fingerprint density at radius 3 is 2.54 bits per heavy atom. The molecule has 3 aromatic rings. The maximum atomic E-state index is 12.5. The van der Waals surface area contributed by atoms with Gasteiger partial charge in [0.25, 0.3) is 0 Å². The topological polar surface area (TPSA) is 94.2 Å². The number of carbonyl (C=O) groups is 1. The van der Waals surface area contributed by atoms with Crippen molar-refractivity contribution < 1.29 is 9.53 Å². The quantitative estimate of drug-likeness (QED) is 0.635. The van der Waals surface area contributed by atoms with Crippen LogP contribution in [0.25, 0.3) is 16.9 Å². The molecule has 1 saturated heterocycles. The fourth-order valence-electron chi connectivity index (χ4n) is 3.29. The van der Waals surface area contributed by atoms with Crippen LogP contribution in [0, 0.1) is 0 Å². The number of anilines is 2. The molecule has 0 saturated carbocycles. The summed E-state index contributed by atoms with van der Waals surface area (Å²) in [5.74, 6) is 0.373. The predicted octanol–water partition coefficient (Wildman–Crippen LogP) is 3.42. The maximum absolute atomic E-state index is 12.5. The minimum absolute atomic E-state index is 0.0729. The van der Waals surface area contributed by atoms with Crippen molar-refractivity contribution in [1.82, 2.24) is 15.1 Å². The van der Waals surface area contributed by atoms with Crippen LogP contribution in [0.3, 0.4) is 0 Å². The third-order valence-electron chi connectivity index (χ3n) is 4.72. The van der Waals surface area contributed by atoms with Gasteiger partial charge in [0, 0.05) is 18.7 Å². The summed E-state index contributed by atoms with van der Waals surface area (Å²) in [4.78, 5) is 12.5. The molecule has 4 rings (SSSR count). The summed E-state index contributed by atoms with van der Waals surface area (Å²) in [6.45, 7) is 1.22. The van der Waals surface area contributed by atoms with Crippen molar-refractivity contribution in [3.63, 3.8) is 0 Å². The van der Waals surface area contributed by atoms with E-state index in [2.05, 4.69) is 15.7 Å². The summed E-state index contributed by atoms with van der Waals surface area (Å²) in [5, 5.41) is 10.4. The summed E-state index contributed by atoms with van der Waals surface area (Å²) in [7, 11) is 0. The van der Waals surface area contributed by atoms with E-state index >= 15 is 0 Å². The molecule has 1 aliphatic heterocycles. The Hall–Kier alpha value is -3.32. The number of urea groups is 1. The highest BCUT2D eigenvalue weighted by Gasteiger charge is 2.21. The zero-order valence-corrected chi connectivity index (χ0v) is 15.5. The maximum Gasteiger partial charge on any atom is 0.319 e. The molecule has 1 atom stereocenters. The Bertz CT molecular complexity index is 934. The van der Waals surface area contributed by atoms with Crippen LogP contribution in [0.1, 0.15) is 12.8 Å². The van der Waals surface area contributed by atoms with Gasteiger partial charge in [0.1, 0.15) is 11.4 Å². The van der Waals surface area contributed by atoms with Crippen LogP contribution in [-0.4, -0.2) is 35.1 Å². The number of para-hydroxylation sites is 1. The second-order valence-electron chi connectivity index (χ2n) is 6.69. The minimum atomic E-state index is -0.327. The lowest BCUT2D eigenvalue weighted by atomic mass is 10.1. The van der Waals surface area contributed by atoms with E-state index in [1.54, 1.807) is 4.68 Å². The third-order valence-corrected chi connectivity index (χ3v) is 4.72. The zero-order chi connectivity index (χ0) is 19.3. The molecule has 7 heteroatoms. The highest BCUT2D eigenvalue weighted by molar-refractivity contribution is 5.97. The number of benzene rings is 2. The van der Waals surface area contributed by atoms with E-state index in [1.807, 2.05) is 60.7 Å². The van der Waals surface area contributed by atoms with Crippen LogP contribution in [0.2, 0.25) is 0 Å². The van der Waals surface area contributed by atoms with E-state index in [0.29, 0.717) is 23.7 Å². The van der Waals surface area contributed by atoms with Gasteiger partial charge in [0.2, 0.25) is 0 Å². The number of nitrogen functional groups attached to an aromatic ring is 1. The first-order valence-electron chi connectivity index (χ1n) is 9.38. The summed E-state index contributed by atoms with van der Waals surface area (Å²) in [5.41, 5.74) is 9.18. The molecular formula is C21H23N5O2. The molecule has 1 aromatic heterocycles. The molecule has 2 heterocycles. The van der Waals surface area contributed by atoms with Crippen molar-refractivity contribution in [3.8, 4) is 16.9 Å². The lowest BCUT2D eigenvalue weighted by Crippen LogP contribution is -2.35. The van der Waals surface area contributed by atoms with Crippen LogP contribution >= 0.6 is 0 Å². The summed E-state index contributed by atoms with van der Waals surface area (Å²) in [6, 6.07) is 18.9. The second kappa shape index (κ2) is 8.14. The van der Waals surface area contributed by atoms with Crippen molar-refractivity contribution in [3.05, 3.63) is 60.7 Å². The van der Waals surface area contributed by atoms with Crippen molar-refractivity contribution >= 4 is 17.5 Å². The van der Waals surface area contributed by atoms with E-state index in [4.69, 9.17) is 10.5 Å². The minimum Gasteiger partial charge on any atom is -0.382 e. The first kappa shape index (κ1) is 18.1. The predicted molar refractivity (Wildman–Crippen MR) is 109 cm³/mol. The van der Waals surface area contributed by atoms with E-state index in [9.17, 15) is 4.79 Å². The van der Waals surface area contributed by atoms with Crippen molar-refractivity contribution in [2.45, 2.75) is 18.9 Å². The number of nitrogens with one attached hydrogen (secondary N) is 2. The van der Waals surface area contributed by atoms with Crippen LogP contribution in [0.5, 0.6) is 0 Å². The Morgan fingerprint density at radius 1 is 1.14 bits per heavy atom. The first-order valence-corrected chi connectivity index (χ1v) is 9.38. The molecule has 0 radical (unpaired) electrons. The van der Waals surface area contributed by atoms with Gasteiger partial charge < -0.3 is 21.1 Å². The average Bonchev–Trinajstić information content (AvgIpc) is 3.37. The Kier molecular flexibility index (Phi) is 5.25. The molecule has 2 amide bonds. The molecule has 1 unspecified atom stereocenters. The number of nitrogens with two attached hydrogens (primary N) is 1. The molecule has 144 valence electrons. The Labute approximate surface area is 163 Å². The molecule has 4 N–H and O–H groups in total. The molecule has 7 nitrogen and oxygen atoms in total. The largest absolute Gasteiger partial charge is 0.382 e. The number of amides is 2. The van der Waals surface area contributed by atoms with E-state index in [1.165, 1.54) is 0 Å². The van der Waals surface area contributed by atoms with Crippen molar-refractivity contribution in [2.24, 2.45) is 0 Å². The highest BCUT2D eigenvalue weighted by Crippen LogP contribution is 2.33. The normalized spacial score (nSPS) is 16.1. The summed E-state index contributed by atoms with van der Waals surface area (Å²) in [6.07, 6.45) is 2.07. The molecule has 0 spiro atoms. The molecule has 1 aliphatic rings. The smallest absolute Gasteiger partial charge is 0.319 e. The molecule has 1 fully saturated rings. The number of rotatable bonds is 5. The lowest BCUT2D eigenvalue weighted by Gasteiger charge is -2.12. The second-order valence-corrected chi connectivity index (χ2v) is 6.69. The number of carbonyl (C=O) groups excluding carboxylic acids is 1. The van der Waals surface area contributed by atoms with Gasteiger partial charge in [-0.2, -0.15) is 5.10 Å². The number of hydrogen-bond acceptors (Lipinski definition) is 4. The van der Waals surface area contributed by atoms with E-state index in [-0.39, 0.29) is 12.1 Å². The third kappa shape index (κ3) is 3.84. The standard InChI is InChI=1S/C21H23N5O2/c22-20-19(24-21(27)23-14-17-12-7-13-28-17)18(15-8-3-1-4-9-15)25-26(20)16-10-5-2-6-11-16/h1-6,8-11,17H,7,12-14,22H2,(H2,23,24,27). The number of ether oxygens (including phenoxy) is 1. The molecule has 0 bridgehead atoms. The van der Waals surface area contributed by atoms with Crippen LogP contribution in [0.15, 0.2) is 60.7 Å². The van der Waals surface area contributed by atoms with Crippen LogP contribution < -0.4 is 16.4 Å². The van der Waals surface area contributed by atoms with Gasteiger partial charge in [0.15, 0.2) is 5.82 Å². The Morgan fingerprint density at radius 2 is 1.86 bits per heavy atom. The SMILES string of the molecule is Nc1c(NC(=O)NCC2CCCO2)c(-c2ccccc2)nn1-c1ccccc1. The zero-order valence-electron chi connectivity index (χ0n) is 15.5. The summed E-state index contributed by atoms with van der Waals surface area (Å²) >= 11 is 0. The van der Waals surface area contributed by atoms with Gasteiger partial charge in [-0.05, 0) is 25.0 Å². The van der Waals surface area contributed by atoms with Gasteiger partial charge >= 0.3 is 6.03 Å².